The normalized spacial score (nSPS) is 15.7. The third-order valence-electron chi connectivity index (χ3n) is 5.46. The van der Waals surface area contributed by atoms with Crippen LogP contribution in [0.1, 0.15) is 29.5 Å². The first-order valence-electron chi connectivity index (χ1n) is 10.3. The number of nitrogens with one attached hydrogen (secondary N) is 1. The summed E-state index contributed by atoms with van der Waals surface area (Å²) in [5.74, 6) is 0.570. The van der Waals surface area contributed by atoms with Gasteiger partial charge in [0, 0.05) is 19.0 Å². The first kappa shape index (κ1) is 22.3. The topological polar surface area (TPSA) is 75.7 Å². The molecular weight excluding hydrogens is 400 g/mol. The zero-order valence-corrected chi connectivity index (χ0v) is 18.7. The van der Waals surface area contributed by atoms with Gasteiger partial charge in [-0.2, -0.15) is 4.31 Å². The summed E-state index contributed by atoms with van der Waals surface area (Å²) < 4.78 is 33.1. The lowest BCUT2D eigenvalue weighted by atomic mass is 9.97. The summed E-state index contributed by atoms with van der Waals surface area (Å²) >= 11 is 0. The van der Waals surface area contributed by atoms with E-state index >= 15 is 0 Å². The molecule has 2 aromatic rings. The van der Waals surface area contributed by atoms with Gasteiger partial charge < -0.3 is 10.1 Å². The Morgan fingerprint density at radius 1 is 1.03 bits per heavy atom. The van der Waals surface area contributed by atoms with Crippen molar-refractivity contribution in [2.24, 2.45) is 5.92 Å². The minimum Gasteiger partial charge on any atom is -0.492 e. The Morgan fingerprint density at radius 3 is 2.30 bits per heavy atom. The summed E-state index contributed by atoms with van der Waals surface area (Å²) in [5.41, 5.74) is 2.96. The van der Waals surface area contributed by atoms with Gasteiger partial charge in [-0.05, 0) is 57.4 Å². The number of amides is 1. The van der Waals surface area contributed by atoms with E-state index < -0.39 is 10.0 Å². The molecule has 0 spiro atoms. The molecule has 0 bridgehead atoms. The van der Waals surface area contributed by atoms with Crippen molar-refractivity contribution in [1.82, 2.24) is 9.62 Å². The van der Waals surface area contributed by atoms with Crippen molar-refractivity contribution in [3.05, 3.63) is 59.2 Å². The summed E-state index contributed by atoms with van der Waals surface area (Å²) in [6, 6.07) is 13.1. The van der Waals surface area contributed by atoms with Gasteiger partial charge in [0.05, 0.1) is 11.4 Å². The standard InChI is InChI=1S/C23H30N2O4S/c1-17-4-7-21(8-5-17)29-15-12-24-23(26)20-10-13-25(14-11-20)30(27,28)22-9-6-18(2)16-19(22)3/h4-9,16,20H,10-15H2,1-3H3,(H,24,26). The Balaban J connectivity index is 1.46. The lowest BCUT2D eigenvalue weighted by Gasteiger charge is -2.31. The van der Waals surface area contributed by atoms with Crippen LogP contribution in [0.5, 0.6) is 5.75 Å². The molecule has 1 saturated heterocycles. The van der Waals surface area contributed by atoms with E-state index in [0.717, 1.165) is 16.9 Å². The number of carbonyl (C=O) groups is 1. The number of piperidine rings is 1. The first-order valence-corrected chi connectivity index (χ1v) is 11.8. The zero-order chi connectivity index (χ0) is 21.7. The summed E-state index contributed by atoms with van der Waals surface area (Å²) in [5, 5.41) is 2.90. The van der Waals surface area contributed by atoms with Crippen LogP contribution in [0.3, 0.4) is 0 Å². The van der Waals surface area contributed by atoms with Gasteiger partial charge in [-0.25, -0.2) is 8.42 Å². The molecule has 1 aliphatic rings. The second-order valence-corrected chi connectivity index (χ2v) is 9.81. The second-order valence-electron chi connectivity index (χ2n) is 7.90. The average molecular weight is 431 g/mol. The van der Waals surface area contributed by atoms with Crippen molar-refractivity contribution in [1.29, 1.82) is 0 Å². The van der Waals surface area contributed by atoms with Crippen molar-refractivity contribution < 1.29 is 17.9 Å². The van der Waals surface area contributed by atoms with Crippen LogP contribution in [0, 0.1) is 26.7 Å². The van der Waals surface area contributed by atoms with Crippen molar-refractivity contribution in [3.63, 3.8) is 0 Å². The van der Waals surface area contributed by atoms with Crippen molar-refractivity contribution in [2.45, 2.75) is 38.5 Å². The molecule has 1 N–H and O–H groups in total. The average Bonchev–Trinajstić information content (AvgIpc) is 2.72. The lowest BCUT2D eigenvalue weighted by molar-refractivity contribution is -0.126. The Kier molecular flexibility index (Phi) is 7.15. The fourth-order valence-electron chi connectivity index (χ4n) is 3.71. The number of rotatable bonds is 7. The molecule has 0 saturated carbocycles. The predicted molar refractivity (Wildman–Crippen MR) is 117 cm³/mol. The van der Waals surface area contributed by atoms with Crippen molar-refractivity contribution >= 4 is 15.9 Å². The fourth-order valence-corrected chi connectivity index (χ4v) is 5.38. The van der Waals surface area contributed by atoms with Gasteiger partial charge in [0.1, 0.15) is 12.4 Å². The number of hydrogen-bond donors (Lipinski definition) is 1. The Bertz CT molecular complexity index is 979. The number of hydrogen-bond acceptors (Lipinski definition) is 4. The van der Waals surface area contributed by atoms with E-state index in [-0.39, 0.29) is 11.8 Å². The molecule has 1 amide bonds. The van der Waals surface area contributed by atoms with Gasteiger partial charge >= 0.3 is 0 Å². The molecule has 3 rings (SSSR count). The smallest absolute Gasteiger partial charge is 0.243 e. The number of benzene rings is 2. The fraction of sp³-hybridized carbons (Fsp3) is 0.435. The second kappa shape index (κ2) is 9.62. The number of sulfonamides is 1. The Hall–Kier alpha value is -2.38. The van der Waals surface area contributed by atoms with Crippen molar-refractivity contribution in [3.8, 4) is 5.75 Å². The van der Waals surface area contributed by atoms with Gasteiger partial charge in [0.25, 0.3) is 0 Å². The molecule has 0 atom stereocenters. The van der Waals surface area contributed by atoms with Crippen LogP contribution >= 0.6 is 0 Å². The van der Waals surface area contributed by atoms with Gasteiger partial charge in [-0.15, -0.1) is 0 Å². The van der Waals surface area contributed by atoms with E-state index in [1.54, 1.807) is 6.07 Å². The minimum absolute atomic E-state index is 0.0360. The van der Waals surface area contributed by atoms with Gasteiger partial charge in [-0.3, -0.25) is 4.79 Å². The van der Waals surface area contributed by atoms with E-state index in [0.29, 0.717) is 44.0 Å². The lowest BCUT2D eigenvalue weighted by Crippen LogP contribution is -2.43. The summed E-state index contributed by atoms with van der Waals surface area (Å²) in [4.78, 5) is 12.8. The molecule has 6 nitrogen and oxygen atoms in total. The molecule has 1 aliphatic heterocycles. The summed E-state index contributed by atoms with van der Waals surface area (Å²) in [7, 11) is -3.53. The number of ether oxygens (including phenoxy) is 1. The highest BCUT2D eigenvalue weighted by atomic mass is 32.2. The summed E-state index contributed by atoms with van der Waals surface area (Å²) in [6.07, 6.45) is 1.05. The largest absolute Gasteiger partial charge is 0.492 e. The molecule has 30 heavy (non-hydrogen) atoms. The molecule has 162 valence electrons. The quantitative estimate of drug-likeness (QED) is 0.685. The van der Waals surface area contributed by atoms with Crippen LogP contribution < -0.4 is 10.1 Å². The van der Waals surface area contributed by atoms with E-state index in [1.165, 1.54) is 9.87 Å². The maximum Gasteiger partial charge on any atom is 0.243 e. The number of nitrogens with zero attached hydrogens (tertiary/aromatic N) is 1. The van der Waals surface area contributed by atoms with Crippen LogP contribution in [-0.2, 0) is 14.8 Å². The van der Waals surface area contributed by atoms with E-state index in [1.807, 2.05) is 57.2 Å². The molecule has 0 unspecified atom stereocenters. The molecule has 0 aromatic heterocycles. The zero-order valence-electron chi connectivity index (χ0n) is 17.8. The molecule has 2 aromatic carbocycles. The van der Waals surface area contributed by atoms with E-state index in [2.05, 4.69) is 5.32 Å². The SMILES string of the molecule is Cc1ccc(OCCNC(=O)C2CCN(S(=O)(=O)c3ccc(C)cc3C)CC2)cc1. The monoisotopic (exact) mass is 430 g/mol. The van der Waals surface area contributed by atoms with Crippen LogP contribution in [0.2, 0.25) is 0 Å². The van der Waals surface area contributed by atoms with Crippen LogP contribution in [0.15, 0.2) is 47.4 Å². The molecule has 0 aliphatic carbocycles. The Labute approximate surface area is 179 Å². The molecule has 1 fully saturated rings. The molecular formula is C23H30N2O4S. The number of carbonyl (C=O) groups excluding carboxylic acids is 1. The molecule has 7 heteroatoms. The van der Waals surface area contributed by atoms with Gasteiger partial charge in [-0.1, -0.05) is 35.4 Å². The minimum atomic E-state index is -3.53. The van der Waals surface area contributed by atoms with Gasteiger partial charge in [0.2, 0.25) is 15.9 Å². The third-order valence-corrected chi connectivity index (χ3v) is 7.52. The third kappa shape index (κ3) is 5.40. The van der Waals surface area contributed by atoms with E-state index in [9.17, 15) is 13.2 Å². The predicted octanol–water partition coefficient (Wildman–Crippen LogP) is 3.21. The maximum atomic E-state index is 13.0. The van der Waals surface area contributed by atoms with Crippen molar-refractivity contribution in [2.75, 3.05) is 26.2 Å². The summed E-state index contributed by atoms with van der Waals surface area (Å²) in [6.45, 7) is 7.31. The maximum absolute atomic E-state index is 13.0. The highest BCUT2D eigenvalue weighted by molar-refractivity contribution is 7.89. The van der Waals surface area contributed by atoms with Crippen LogP contribution in [-0.4, -0.2) is 44.9 Å². The Morgan fingerprint density at radius 2 is 1.67 bits per heavy atom. The molecule has 0 radical (unpaired) electrons. The highest BCUT2D eigenvalue weighted by Crippen LogP contribution is 2.26. The first-order chi connectivity index (χ1) is 14.3. The van der Waals surface area contributed by atoms with Crippen LogP contribution in [0.4, 0.5) is 0 Å². The molecule has 1 heterocycles. The van der Waals surface area contributed by atoms with Crippen LogP contribution in [0.25, 0.3) is 0 Å². The van der Waals surface area contributed by atoms with Gasteiger partial charge in [0.15, 0.2) is 0 Å². The van der Waals surface area contributed by atoms with E-state index in [4.69, 9.17) is 4.74 Å². The number of aryl methyl sites for hydroxylation is 3. The highest BCUT2D eigenvalue weighted by Gasteiger charge is 2.32.